The first kappa shape index (κ1) is 17.5. The van der Waals surface area contributed by atoms with Crippen molar-refractivity contribution in [2.75, 3.05) is 0 Å². The third-order valence-corrected chi connectivity index (χ3v) is 5.15. The highest BCUT2D eigenvalue weighted by Gasteiger charge is 2.14. The van der Waals surface area contributed by atoms with Gasteiger partial charge in [-0.15, -0.1) is 0 Å². The first-order chi connectivity index (χ1) is 12.1. The normalized spacial score (nSPS) is 11.4. The number of nitrogens with one attached hydrogen (secondary N) is 1. The quantitative estimate of drug-likeness (QED) is 0.435. The van der Waals surface area contributed by atoms with Crippen LogP contribution >= 0.6 is 0 Å². The van der Waals surface area contributed by atoms with Crippen molar-refractivity contribution >= 4 is 21.7 Å². The minimum Gasteiger partial charge on any atom is -0.507 e. The van der Waals surface area contributed by atoms with Gasteiger partial charge in [-0.1, -0.05) is 57.2 Å². The number of para-hydroxylation sites is 1. The molecule has 2 aromatic carbocycles. The Labute approximate surface area is 148 Å². The molecule has 0 bridgehead atoms. The van der Waals surface area contributed by atoms with Gasteiger partial charge in [0.25, 0.3) is 5.56 Å². The van der Waals surface area contributed by atoms with Crippen LogP contribution in [0.5, 0.6) is 5.75 Å². The van der Waals surface area contributed by atoms with Gasteiger partial charge in [0, 0.05) is 16.3 Å². The van der Waals surface area contributed by atoms with Gasteiger partial charge in [-0.2, -0.15) is 0 Å². The van der Waals surface area contributed by atoms with Crippen LogP contribution in [0.15, 0.2) is 35.1 Å². The molecule has 3 nitrogen and oxygen atoms in total. The van der Waals surface area contributed by atoms with Gasteiger partial charge in [0.05, 0.1) is 5.39 Å². The first-order valence-corrected chi connectivity index (χ1v) is 9.39. The van der Waals surface area contributed by atoms with Gasteiger partial charge in [0.15, 0.2) is 0 Å². The van der Waals surface area contributed by atoms with Crippen molar-refractivity contribution in [3.05, 3.63) is 51.8 Å². The number of aromatic nitrogens is 1. The summed E-state index contributed by atoms with van der Waals surface area (Å²) in [5.74, 6) is 0.130. The van der Waals surface area contributed by atoms with Crippen LogP contribution in [0.1, 0.15) is 56.6 Å². The van der Waals surface area contributed by atoms with Crippen LogP contribution in [0.3, 0.4) is 0 Å². The zero-order chi connectivity index (χ0) is 17.8. The molecule has 1 aromatic heterocycles. The van der Waals surface area contributed by atoms with E-state index < -0.39 is 0 Å². The van der Waals surface area contributed by atoms with E-state index in [0.29, 0.717) is 5.39 Å². The maximum atomic E-state index is 12.4. The molecule has 0 saturated carbocycles. The number of aryl methyl sites for hydroxylation is 1. The van der Waals surface area contributed by atoms with Crippen molar-refractivity contribution in [2.45, 2.75) is 58.8 Å². The summed E-state index contributed by atoms with van der Waals surface area (Å²) in [4.78, 5) is 15.3. The van der Waals surface area contributed by atoms with E-state index >= 15 is 0 Å². The average molecular weight is 337 g/mol. The molecule has 1 heterocycles. The van der Waals surface area contributed by atoms with E-state index in [9.17, 15) is 9.90 Å². The van der Waals surface area contributed by atoms with Crippen molar-refractivity contribution < 1.29 is 5.11 Å². The predicted molar refractivity (Wildman–Crippen MR) is 106 cm³/mol. The molecule has 0 unspecified atom stereocenters. The molecule has 0 fully saturated rings. The second kappa shape index (κ2) is 7.73. The first-order valence-electron chi connectivity index (χ1n) is 9.39. The Morgan fingerprint density at radius 1 is 1.00 bits per heavy atom. The fraction of sp³-hybridized carbons (Fsp3) is 0.409. The maximum Gasteiger partial charge on any atom is 0.260 e. The molecule has 3 rings (SSSR count). The van der Waals surface area contributed by atoms with Gasteiger partial charge in [-0.3, -0.25) is 4.79 Å². The summed E-state index contributed by atoms with van der Waals surface area (Å²) in [6.07, 6.45) is 8.44. The second-order valence-corrected chi connectivity index (χ2v) is 6.95. The van der Waals surface area contributed by atoms with Crippen molar-refractivity contribution in [1.29, 1.82) is 0 Å². The molecule has 0 spiro atoms. The summed E-state index contributed by atoms with van der Waals surface area (Å²) < 4.78 is 0. The maximum absolute atomic E-state index is 12.4. The van der Waals surface area contributed by atoms with Gasteiger partial charge >= 0.3 is 0 Å². The largest absolute Gasteiger partial charge is 0.507 e. The molecule has 0 aliphatic heterocycles. The lowest BCUT2D eigenvalue weighted by molar-refractivity contribution is 0.476. The van der Waals surface area contributed by atoms with Gasteiger partial charge < -0.3 is 10.1 Å². The van der Waals surface area contributed by atoms with E-state index in [0.717, 1.165) is 40.3 Å². The molecule has 132 valence electrons. The standard InChI is InChI=1S/C22H27NO2/c1-3-4-5-6-7-8-11-16-14-18-17-12-9-10-13-19(17)23-22(25)20(18)21(24)15(16)2/h9-10,12-14,24H,3-8,11H2,1-2H3,(H,23,25). The van der Waals surface area contributed by atoms with Gasteiger partial charge in [-0.25, -0.2) is 0 Å². The fourth-order valence-electron chi connectivity index (χ4n) is 3.63. The topological polar surface area (TPSA) is 53.1 Å². The predicted octanol–water partition coefficient (Wildman–Crippen LogP) is 5.60. The van der Waals surface area contributed by atoms with E-state index in [1.807, 2.05) is 31.2 Å². The average Bonchev–Trinajstić information content (AvgIpc) is 2.61. The third kappa shape index (κ3) is 3.55. The van der Waals surface area contributed by atoms with Crippen molar-refractivity contribution in [3.8, 4) is 5.75 Å². The summed E-state index contributed by atoms with van der Waals surface area (Å²) in [6.45, 7) is 4.14. The van der Waals surface area contributed by atoms with Crippen molar-refractivity contribution in [2.24, 2.45) is 0 Å². The van der Waals surface area contributed by atoms with E-state index in [1.165, 1.54) is 32.1 Å². The number of hydrogen-bond acceptors (Lipinski definition) is 2. The molecule has 3 heteroatoms. The summed E-state index contributed by atoms with van der Waals surface area (Å²) in [6, 6.07) is 9.88. The number of fused-ring (bicyclic) bond motifs is 3. The highest BCUT2D eigenvalue weighted by atomic mass is 16.3. The van der Waals surface area contributed by atoms with Crippen LogP contribution in [0.2, 0.25) is 0 Å². The Balaban J connectivity index is 1.96. The Morgan fingerprint density at radius 3 is 2.52 bits per heavy atom. The molecular weight excluding hydrogens is 310 g/mol. The second-order valence-electron chi connectivity index (χ2n) is 6.95. The molecule has 0 atom stereocenters. The van der Waals surface area contributed by atoms with Crippen LogP contribution in [-0.4, -0.2) is 10.1 Å². The zero-order valence-corrected chi connectivity index (χ0v) is 15.2. The Kier molecular flexibility index (Phi) is 5.42. The van der Waals surface area contributed by atoms with Gasteiger partial charge in [0.2, 0.25) is 0 Å². The molecule has 0 saturated heterocycles. The molecule has 0 amide bonds. The Morgan fingerprint density at radius 2 is 1.72 bits per heavy atom. The fourth-order valence-corrected chi connectivity index (χ4v) is 3.63. The number of unbranched alkanes of at least 4 members (excludes halogenated alkanes) is 5. The minimum absolute atomic E-state index is 0.130. The number of phenolic OH excluding ortho intramolecular Hbond substituents is 1. The van der Waals surface area contributed by atoms with Crippen LogP contribution in [-0.2, 0) is 6.42 Å². The molecule has 25 heavy (non-hydrogen) atoms. The van der Waals surface area contributed by atoms with Crippen molar-refractivity contribution in [3.63, 3.8) is 0 Å². The summed E-state index contributed by atoms with van der Waals surface area (Å²) in [7, 11) is 0. The summed E-state index contributed by atoms with van der Waals surface area (Å²) in [5.41, 5.74) is 2.58. The van der Waals surface area contributed by atoms with Crippen LogP contribution in [0.4, 0.5) is 0 Å². The monoisotopic (exact) mass is 337 g/mol. The molecular formula is C22H27NO2. The Hall–Kier alpha value is -2.29. The van der Waals surface area contributed by atoms with Crippen LogP contribution in [0.25, 0.3) is 21.7 Å². The highest BCUT2D eigenvalue weighted by Crippen LogP contribution is 2.33. The molecule has 0 aliphatic carbocycles. The number of H-pyrrole nitrogens is 1. The summed E-state index contributed by atoms with van der Waals surface area (Å²) >= 11 is 0. The lowest BCUT2D eigenvalue weighted by Gasteiger charge is -2.12. The molecule has 2 N–H and O–H groups in total. The van der Waals surface area contributed by atoms with Crippen LogP contribution in [0, 0.1) is 6.92 Å². The molecule has 3 aromatic rings. The highest BCUT2D eigenvalue weighted by molar-refractivity contribution is 6.08. The third-order valence-electron chi connectivity index (χ3n) is 5.15. The summed E-state index contributed by atoms with van der Waals surface area (Å²) in [5, 5.41) is 12.9. The number of pyridine rings is 1. The zero-order valence-electron chi connectivity index (χ0n) is 15.2. The number of phenols is 1. The van der Waals surface area contributed by atoms with Gasteiger partial charge in [-0.05, 0) is 43.0 Å². The Bertz CT molecular complexity index is 940. The number of rotatable bonds is 7. The molecule has 0 radical (unpaired) electrons. The lowest BCUT2D eigenvalue weighted by Crippen LogP contribution is -2.08. The SMILES string of the molecule is CCCCCCCCc1cc2c(c(O)c1C)c(=O)[nH]c1ccccc12. The van der Waals surface area contributed by atoms with Gasteiger partial charge in [0.1, 0.15) is 5.75 Å². The van der Waals surface area contributed by atoms with Crippen molar-refractivity contribution in [1.82, 2.24) is 4.98 Å². The number of aromatic amines is 1. The minimum atomic E-state index is -0.222. The van der Waals surface area contributed by atoms with E-state index in [4.69, 9.17) is 0 Å². The molecule has 0 aliphatic rings. The van der Waals surface area contributed by atoms with E-state index in [-0.39, 0.29) is 11.3 Å². The van der Waals surface area contributed by atoms with E-state index in [2.05, 4.69) is 18.0 Å². The number of benzene rings is 2. The smallest absolute Gasteiger partial charge is 0.260 e. The lowest BCUT2D eigenvalue weighted by atomic mass is 9.95. The number of aromatic hydroxyl groups is 1. The number of hydrogen-bond donors (Lipinski definition) is 2. The van der Waals surface area contributed by atoms with E-state index in [1.54, 1.807) is 0 Å². The van der Waals surface area contributed by atoms with Crippen LogP contribution < -0.4 is 5.56 Å².